The number of aliphatic hydroxyl groups is 2. The Balaban J connectivity index is 2.17. The molecule has 16 heavy (non-hydrogen) atoms. The standard InChI is InChI=1S/C12H12N2O2/c15-11-12(16)14-10-6-8-4-2-1-3-7(8)5-9(10)13-11/h1-6,11-16H. The monoisotopic (exact) mass is 216 g/mol. The van der Waals surface area contributed by atoms with E-state index in [9.17, 15) is 10.2 Å². The summed E-state index contributed by atoms with van der Waals surface area (Å²) in [5.74, 6) is 0. The first-order valence-corrected chi connectivity index (χ1v) is 5.16. The summed E-state index contributed by atoms with van der Waals surface area (Å²) in [6.07, 6.45) is -1.96. The molecule has 0 radical (unpaired) electrons. The van der Waals surface area contributed by atoms with Gasteiger partial charge in [0.15, 0.2) is 12.5 Å². The molecule has 4 N–H and O–H groups in total. The Bertz CT molecular complexity index is 493. The van der Waals surface area contributed by atoms with E-state index in [1.165, 1.54) is 0 Å². The largest absolute Gasteiger partial charge is 0.369 e. The Hall–Kier alpha value is -1.78. The maximum Gasteiger partial charge on any atom is 0.169 e. The molecule has 0 saturated heterocycles. The van der Waals surface area contributed by atoms with Gasteiger partial charge in [0.25, 0.3) is 0 Å². The van der Waals surface area contributed by atoms with Crippen LogP contribution in [0.25, 0.3) is 10.8 Å². The van der Waals surface area contributed by atoms with Gasteiger partial charge in [-0.3, -0.25) is 0 Å². The molecule has 4 nitrogen and oxygen atoms in total. The lowest BCUT2D eigenvalue weighted by Gasteiger charge is -2.29. The van der Waals surface area contributed by atoms with Crippen LogP contribution in [0.4, 0.5) is 11.4 Å². The number of benzene rings is 2. The van der Waals surface area contributed by atoms with Gasteiger partial charge in [-0.15, -0.1) is 0 Å². The number of anilines is 2. The lowest BCUT2D eigenvalue weighted by atomic mass is 10.1. The van der Waals surface area contributed by atoms with Gasteiger partial charge in [-0.1, -0.05) is 24.3 Å². The van der Waals surface area contributed by atoms with Gasteiger partial charge in [0.05, 0.1) is 11.4 Å². The van der Waals surface area contributed by atoms with Crippen LogP contribution in [0.1, 0.15) is 0 Å². The van der Waals surface area contributed by atoms with Crippen molar-refractivity contribution in [2.45, 2.75) is 12.5 Å². The van der Waals surface area contributed by atoms with Gasteiger partial charge in [0.1, 0.15) is 0 Å². The molecule has 0 amide bonds. The minimum absolute atomic E-state index is 0.802. The number of rotatable bonds is 0. The minimum Gasteiger partial charge on any atom is -0.369 e. The highest BCUT2D eigenvalue weighted by Gasteiger charge is 2.23. The summed E-state index contributed by atoms with van der Waals surface area (Å²) in [6.45, 7) is 0. The highest BCUT2D eigenvalue weighted by molar-refractivity contribution is 5.92. The van der Waals surface area contributed by atoms with Crippen molar-refractivity contribution in [3.05, 3.63) is 36.4 Å². The van der Waals surface area contributed by atoms with E-state index in [1.807, 2.05) is 36.4 Å². The predicted molar refractivity (Wildman–Crippen MR) is 63.2 cm³/mol. The van der Waals surface area contributed by atoms with Crippen LogP contribution in [-0.2, 0) is 0 Å². The fourth-order valence-electron chi connectivity index (χ4n) is 1.96. The zero-order valence-electron chi connectivity index (χ0n) is 8.51. The zero-order valence-corrected chi connectivity index (χ0v) is 8.51. The predicted octanol–water partition coefficient (Wildman–Crippen LogP) is 1.31. The Kier molecular flexibility index (Phi) is 1.99. The van der Waals surface area contributed by atoms with E-state index in [4.69, 9.17) is 0 Å². The average molecular weight is 216 g/mol. The second-order valence-electron chi connectivity index (χ2n) is 3.92. The average Bonchev–Trinajstić information content (AvgIpc) is 2.28. The Morgan fingerprint density at radius 2 is 1.25 bits per heavy atom. The molecule has 0 spiro atoms. The summed E-state index contributed by atoms with van der Waals surface area (Å²) in [5, 5.41) is 26.8. The Morgan fingerprint density at radius 1 is 0.812 bits per heavy atom. The lowest BCUT2D eigenvalue weighted by molar-refractivity contribution is 0.0528. The normalized spacial score (nSPS) is 23.4. The van der Waals surface area contributed by atoms with Gasteiger partial charge in [0.2, 0.25) is 0 Å². The van der Waals surface area contributed by atoms with Crippen molar-refractivity contribution in [1.82, 2.24) is 0 Å². The summed E-state index contributed by atoms with van der Waals surface area (Å²) < 4.78 is 0. The van der Waals surface area contributed by atoms with Crippen LogP contribution in [0, 0.1) is 0 Å². The third-order valence-electron chi connectivity index (χ3n) is 2.79. The molecule has 3 rings (SSSR count). The van der Waals surface area contributed by atoms with Crippen LogP contribution in [0.2, 0.25) is 0 Å². The van der Waals surface area contributed by atoms with Gasteiger partial charge >= 0.3 is 0 Å². The van der Waals surface area contributed by atoms with E-state index in [0.29, 0.717) is 0 Å². The molecule has 1 heterocycles. The molecule has 2 aromatic rings. The molecule has 0 fully saturated rings. The summed E-state index contributed by atoms with van der Waals surface area (Å²) in [4.78, 5) is 0. The summed E-state index contributed by atoms with van der Waals surface area (Å²) in [6, 6.07) is 11.9. The summed E-state index contributed by atoms with van der Waals surface area (Å²) in [7, 11) is 0. The van der Waals surface area contributed by atoms with Crippen LogP contribution in [0.3, 0.4) is 0 Å². The molecule has 2 aromatic carbocycles. The second-order valence-corrected chi connectivity index (χ2v) is 3.92. The van der Waals surface area contributed by atoms with Crippen molar-refractivity contribution in [1.29, 1.82) is 0 Å². The third kappa shape index (κ3) is 1.39. The van der Waals surface area contributed by atoms with Gasteiger partial charge in [-0.05, 0) is 22.9 Å². The second kappa shape index (κ2) is 3.37. The fraction of sp³-hybridized carbons (Fsp3) is 0.167. The summed E-state index contributed by atoms with van der Waals surface area (Å²) >= 11 is 0. The van der Waals surface area contributed by atoms with E-state index in [0.717, 1.165) is 22.1 Å². The Labute approximate surface area is 92.5 Å². The molecule has 1 aliphatic heterocycles. The molecule has 0 aliphatic carbocycles. The number of nitrogens with one attached hydrogen (secondary N) is 2. The highest BCUT2D eigenvalue weighted by Crippen LogP contribution is 2.32. The topological polar surface area (TPSA) is 64.5 Å². The van der Waals surface area contributed by atoms with Crippen LogP contribution in [0.15, 0.2) is 36.4 Å². The van der Waals surface area contributed by atoms with Crippen molar-refractivity contribution in [2.75, 3.05) is 10.6 Å². The molecule has 0 saturated carbocycles. The van der Waals surface area contributed by atoms with Gasteiger partial charge in [-0.2, -0.15) is 0 Å². The van der Waals surface area contributed by atoms with Gasteiger partial charge < -0.3 is 20.8 Å². The van der Waals surface area contributed by atoms with Crippen molar-refractivity contribution in [2.24, 2.45) is 0 Å². The number of fused-ring (bicyclic) bond motifs is 2. The summed E-state index contributed by atoms with van der Waals surface area (Å²) in [5.41, 5.74) is 1.60. The first kappa shape index (κ1) is 9.45. The SMILES string of the molecule is OC1Nc2cc3ccccc3cc2NC1O. The zero-order chi connectivity index (χ0) is 11.1. The van der Waals surface area contributed by atoms with Crippen LogP contribution >= 0.6 is 0 Å². The smallest absolute Gasteiger partial charge is 0.169 e. The molecule has 4 heteroatoms. The van der Waals surface area contributed by atoms with Crippen molar-refractivity contribution in [3.8, 4) is 0 Å². The lowest BCUT2D eigenvalue weighted by Crippen LogP contribution is -2.42. The van der Waals surface area contributed by atoms with Gasteiger partial charge in [-0.25, -0.2) is 0 Å². The van der Waals surface area contributed by atoms with E-state index in [2.05, 4.69) is 10.6 Å². The van der Waals surface area contributed by atoms with E-state index in [1.54, 1.807) is 0 Å². The fourth-order valence-corrected chi connectivity index (χ4v) is 1.96. The molecular weight excluding hydrogens is 204 g/mol. The Morgan fingerprint density at radius 3 is 1.69 bits per heavy atom. The minimum atomic E-state index is -0.978. The van der Waals surface area contributed by atoms with E-state index in [-0.39, 0.29) is 0 Å². The van der Waals surface area contributed by atoms with Crippen LogP contribution in [-0.4, -0.2) is 22.7 Å². The molecule has 0 aromatic heterocycles. The maximum atomic E-state index is 9.47. The number of aliphatic hydroxyl groups excluding tert-OH is 2. The van der Waals surface area contributed by atoms with E-state index >= 15 is 0 Å². The number of hydrogen-bond donors (Lipinski definition) is 4. The quantitative estimate of drug-likeness (QED) is 0.536. The number of hydrogen-bond acceptors (Lipinski definition) is 4. The van der Waals surface area contributed by atoms with Crippen molar-refractivity contribution < 1.29 is 10.2 Å². The van der Waals surface area contributed by atoms with Crippen molar-refractivity contribution >= 4 is 22.1 Å². The van der Waals surface area contributed by atoms with Crippen LogP contribution < -0.4 is 10.6 Å². The molecule has 2 atom stereocenters. The molecule has 2 unspecified atom stereocenters. The first-order valence-electron chi connectivity index (χ1n) is 5.16. The molecule has 1 aliphatic rings. The maximum absolute atomic E-state index is 9.47. The van der Waals surface area contributed by atoms with Gasteiger partial charge in [0, 0.05) is 0 Å². The van der Waals surface area contributed by atoms with Crippen molar-refractivity contribution in [3.63, 3.8) is 0 Å². The van der Waals surface area contributed by atoms with E-state index < -0.39 is 12.5 Å². The van der Waals surface area contributed by atoms with Crippen LogP contribution in [0.5, 0.6) is 0 Å². The molecule has 82 valence electrons. The highest BCUT2D eigenvalue weighted by atomic mass is 16.4. The first-order chi connectivity index (χ1) is 7.74. The molecular formula is C12H12N2O2. The third-order valence-corrected chi connectivity index (χ3v) is 2.79. The molecule has 0 bridgehead atoms.